The third-order valence-electron chi connectivity index (χ3n) is 3.18. The molecule has 2 aliphatic heterocycles. The first-order valence-corrected chi connectivity index (χ1v) is 5.52. The van der Waals surface area contributed by atoms with Gasteiger partial charge in [0.25, 0.3) is 0 Å². The predicted octanol–water partition coefficient (Wildman–Crippen LogP) is -0.0326. The van der Waals surface area contributed by atoms with Crippen LogP contribution in [0.25, 0.3) is 0 Å². The first-order chi connectivity index (χ1) is 6.77. The lowest BCUT2D eigenvalue weighted by Crippen LogP contribution is -2.48. The monoisotopic (exact) mass is 233 g/mol. The molecule has 0 aliphatic carbocycles. The fraction of sp³-hybridized carbons (Fsp3) is 0.900. The standard InChI is InChI=1S/C10H19N3O.ClH/c11-9-2-1-5-13(7-9)10(14)8-3-4-12-6-8;/h8-9,12H,1-7,11H2;1H/t8-,9+;/m0./s1. The zero-order chi connectivity index (χ0) is 9.97. The zero-order valence-electron chi connectivity index (χ0n) is 8.95. The van der Waals surface area contributed by atoms with Crippen molar-refractivity contribution in [2.24, 2.45) is 11.7 Å². The van der Waals surface area contributed by atoms with Crippen molar-refractivity contribution in [3.05, 3.63) is 0 Å². The van der Waals surface area contributed by atoms with E-state index < -0.39 is 0 Å². The molecule has 2 aliphatic rings. The van der Waals surface area contributed by atoms with E-state index >= 15 is 0 Å². The van der Waals surface area contributed by atoms with Crippen molar-refractivity contribution >= 4 is 18.3 Å². The van der Waals surface area contributed by atoms with E-state index in [1.807, 2.05) is 4.90 Å². The molecule has 4 nitrogen and oxygen atoms in total. The maximum Gasteiger partial charge on any atom is 0.227 e. The molecule has 2 saturated heterocycles. The summed E-state index contributed by atoms with van der Waals surface area (Å²) in [4.78, 5) is 13.9. The van der Waals surface area contributed by atoms with Gasteiger partial charge in [-0.3, -0.25) is 4.79 Å². The average Bonchev–Trinajstić information content (AvgIpc) is 2.69. The van der Waals surface area contributed by atoms with Crippen molar-refractivity contribution in [2.45, 2.75) is 25.3 Å². The molecular weight excluding hydrogens is 214 g/mol. The van der Waals surface area contributed by atoms with Gasteiger partial charge in [-0.05, 0) is 25.8 Å². The molecule has 3 N–H and O–H groups in total. The number of nitrogens with one attached hydrogen (secondary N) is 1. The Morgan fingerprint density at radius 3 is 2.80 bits per heavy atom. The number of piperidine rings is 1. The van der Waals surface area contributed by atoms with Crippen LogP contribution in [0.4, 0.5) is 0 Å². The molecule has 2 heterocycles. The summed E-state index contributed by atoms with van der Waals surface area (Å²) >= 11 is 0. The Morgan fingerprint density at radius 1 is 1.40 bits per heavy atom. The van der Waals surface area contributed by atoms with Crippen LogP contribution in [-0.2, 0) is 4.79 Å². The number of likely N-dealkylation sites (tertiary alicyclic amines) is 1. The van der Waals surface area contributed by atoms with Gasteiger partial charge in [0.2, 0.25) is 5.91 Å². The highest BCUT2D eigenvalue weighted by Crippen LogP contribution is 2.15. The van der Waals surface area contributed by atoms with Crippen LogP contribution < -0.4 is 11.1 Å². The van der Waals surface area contributed by atoms with Crippen molar-refractivity contribution in [3.8, 4) is 0 Å². The molecule has 5 heteroatoms. The van der Waals surface area contributed by atoms with Gasteiger partial charge in [-0.2, -0.15) is 0 Å². The summed E-state index contributed by atoms with van der Waals surface area (Å²) in [6.45, 7) is 3.50. The lowest BCUT2D eigenvalue weighted by atomic mass is 10.0. The maximum atomic E-state index is 12.0. The molecule has 2 rings (SSSR count). The van der Waals surface area contributed by atoms with E-state index in [0.717, 1.165) is 45.4 Å². The molecule has 0 saturated carbocycles. The van der Waals surface area contributed by atoms with Crippen molar-refractivity contribution < 1.29 is 4.79 Å². The van der Waals surface area contributed by atoms with Crippen LogP contribution in [0.1, 0.15) is 19.3 Å². The number of nitrogens with zero attached hydrogens (tertiary/aromatic N) is 1. The summed E-state index contributed by atoms with van der Waals surface area (Å²) in [5.74, 6) is 0.519. The number of carbonyl (C=O) groups is 1. The van der Waals surface area contributed by atoms with Crippen LogP contribution in [0.3, 0.4) is 0 Å². The summed E-state index contributed by atoms with van der Waals surface area (Å²) in [7, 11) is 0. The van der Waals surface area contributed by atoms with Gasteiger partial charge in [0.1, 0.15) is 0 Å². The highest BCUT2D eigenvalue weighted by Gasteiger charge is 2.29. The Hall–Kier alpha value is -0.320. The third kappa shape index (κ3) is 3.06. The van der Waals surface area contributed by atoms with E-state index in [0.29, 0.717) is 5.91 Å². The van der Waals surface area contributed by atoms with Gasteiger partial charge < -0.3 is 16.0 Å². The van der Waals surface area contributed by atoms with Crippen LogP contribution in [0, 0.1) is 5.92 Å². The Morgan fingerprint density at radius 2 is 2.20 bits per heavy atom. The predicted molar refractivity (Wildman–Crippen MR) is 62.0 cm³/mol. The second kappa shape index (κ2) is 5.68. The Labute approximate surface area is 97.0 Å². The molecule has 0 spiro atoms. The first kappa shape index (κ1) is 12.7. The van der Waals surface area contributed by atoms with E-state index in [1.165, 1.54) is 0 Å². The van der Waals surface area contributed by atoms with Gasteiger partial charge in [0.15, 0.2) is 0 Å². The Bertz CT molecular complexity index is 219. The van der Waals surface area contributed by atoms with E-state index in [4.69, 9.17) is 5.73 Å². The molecule has 88 valence electrons. The van der Waals surface area contributed by atoms with Crippen LogP contribution in [0.5, 0.6) is 0 Å². The molecular formula is C10H20ClN3O. The SMILES string of the molecule is Cl.N[C@@H]1CCCN(C(=O)[C@H]2CCNC2)C1. The zero-order valence-corrected chi connectivity index (χ0v) is 9.76. The Balaban J connectivity index is 0.00000112. The number of nitrogens with two attached hydrogens (primary N) is 1. The maximum absolute atomic E-state index is 12.0. The van der Waals surface area contributed by atoms with E-state index in [9.17, 15) is 4.79 Å². The number of rotatable bonds is 1. The minimum atomic E-state index is 0. The number of hydrogen-bond donors (Lipinski definition) is 2. The molecule has 0 radical (unpaired) electrons. The first-order valence-electron chi connectivity index (χ1n) is 5.52. The highest BCUT2D eigenvalue weighted by atomic mass is 35.5. The van der Waals surface area contributed by atoms with Crippen LogP contribution in [-0.4, -0.2) is 43.0 Å². The smallest absolute Gasteiger partial charge is 0.227 e. The van der Waals surface area contributed by atoms with Crippen LogP contribution in [0.15, 0.2) is 0 Å². The Kier molecular flexibility index (Phi) is 4.83. The minimum Gasteiger partial charge on any atom is -0.341 e. The number of carbonyl (C=O) groups excluding carboxylic acids is 1. The number of amides is 1. The second-order valence-electron chi connectivity index (χ2n) is 4.38. The summed E-state index contributed by atoms with van der Waals surface area (Å²) in [5, 5.41) is 3.22. The summed E-state index contributed by atoms with van der Waals surface area (Å²) < 4.78 is 0. The lowest BCUT2D eigenvalue weighted by molar-refractivity contribution is -0.136. The van der Waals surface area contributed by atoms with Gasteiger partial charge in [-0.15, -0.1) is 12.4 Å². The minimum absolute atomic E-state index is 0. The van der Waals surface area contributed by atoms with E-state index in [1.54, 1.807) is 0 Å². The molecule has 2 atom stereocenters. The van der Waals surface area contributed by atoms with Gasteiger partial charge in [-0.25, -0.2) is 0 Å². The van der Waals surface area contributed by atoms with Gasteiger partial charge >= 0.3 is 0 Å². The molecule has 15 heavy (non-hydrogen) atoms. The van der Waals surface area contributed by atoms with E-state index in [-0.39, 0.29) is 24.4 Å². The summed E-state index contributed by atoms with van der Waals surface area (Å²) in [5.41, 5.74) is 5.85. The number of halogens is 1. The fourth-order valence-corrected chi connectivity index (χ4v) is 2.33. The van der Waals surface area contributed by atoms with Crippen molar-refractivity contribution in [3.63, 3.8) is 0 Å². The average molecular weight is 234 g/mol. The largest absolute Gasteiger partial charge is 0.341 e. The molecule has 0 aromatic heterocycles. The van der Waals surface area contributed by atoms with Crippen molar-refractivity contribution in [1.82, 2.24) is 10.2 Å². The van der Waals surface area contributed by atoms with Crippen LogP contribution >= 0.6 is 12.4 Å². The van der Waals surface area contributed by atoms with Gasteiger partial charge in [-0.1, -0.05) is 0 Å². The molecule has 0 unspecified atom stereocenters. The van der Waals surface area contributed by atoms with Crippen molar-refractivity contribution in [2.75, 3.05) is 26.2 Å². The quantitative estimate of drug-likeness (QED) is 0.669. The molecule has 1 amide bonds. The lowest BCUT2D eigenvalue weighted by Gasteiger charge is -2.32. The summed E-state index contributed by atoms with van der Waals surface area (Å²) in [6, 6.07) is 0.196. The van der Waals surface area contributed by atoms with Gasteiger partial charge in [0.05, 0.1) is 5.92 Å². The molecule has 0 aromatic carbocycles. The molecule has 0 bridgehead atoms. The molecule has 2 fully saturated rings. The topological polar surface area (TPSA) is 58.4 Å². The fourth-order valence-electron chi connectivity index (χ4n) is 2.33. The molecule has 0 aromatic rings. The van der Waals surface area contributed by atoms with Gasteiger partial charge in [0, 0.05) is 25.7 Å². The van der Waals surface area contributed by atoms with E-state index in [2.05, 4.69) is 5.32 Å². The third-order valence-corrected chi connectivity index (χ3v) is 3.18. The number of hydrogen-bond acceptors (Lipinski definition) is 3. The highest BCUT2D eigenvalue weighted by molar-refractivity contribution is 5.85. The normalized spacial score (nSPS) is 31.1. The van der Waals surface area contributed by atoms with Crippen molar-refractivity contribution in [1.29, 1.82) is 0 Å². The second-order valence-corrected chi connectivity index (χ2v) is 4.38. The summed E-state index contributed by atoms with van der Waals surface area (Å²) in [6.07, 6.45) is 3.12. The van der Waals surface area contributed by atoms with Crippen LogP contribution in [0.2, 0.25) is 0 Å².